The molecule has 1 N–H and O–H groups in total. The largest absolute Gasteiger partial charge is 0.487 e. The lowest BCUT2D eigenvalue weighted by Crippen LogP contribution is -2.16. The number of aryl methyl sites for hydroxylation is 1. The van der Waals surface area contributed by atoms with Crippen molar-refractivity contribution in [1.82, 2.24) is 0 Å². The first kappa shape index (κ1) is 18.9. The molecule has 1 atom stereocenters. The maximum Gasteiger partial charge on any atom is 0.221 e. The maximum atomic E-state index is 11.7. The highest BCUT2D eigenvalue weighted by Crippen LogP contribution is 2.34. The number of hydrogen-bond acceptors (Lipinski definition) is 3. The first-order valence-electron chi connectivity index (χ1n) is 8.97. The van der Waals surface area contributed by atoms with Crippen molar-refractivity contribution in [1.29, 1.82) is 0 Å². The molecule has 0 aromatic heterocycles. The third-order valence-corrected chi connectivity index (χ3v) is 5.10. The monoisotopic (exact) mass is 417 g/mol. The van der Waals surface area contributed by atoms with Crippen molar-refractivity contribution >= 4 is 27.5 Å². The van der Waals surface area contributed by atoms with Crippen molar-refractivity contribution in [3.8, 4) is 5.75 Å². The summed E-state index contributed by atoms with van der Waals surface area (Å²) in [4.78, 5) is 11.7. The van der Waals surface area contributed by atoms with Crippen molar-refractivity contribution in [3.05, 3.63) is 57.6 Å². The molecule has 0 spiro atoms. The molecule has 1 heterocycles. The molecule has 1 saturated heterocycles. The lowest BCUT2D eigenvalue weighted by Gasteiger charge is -2.18. The van der Waals surface area contributed by atoms with E-state index < -0.39 is 0 Å². The summed E-state index contributed by atoms with van der Waals surface area (Å²) in [6.45, 7) is 5.00. The number of ether oxygens (including phenoxy) is 2. The molecule has 0 unspecified atom stereocenters. The van der Waals surface area contributed by atoms with Crippen molar-refractivity contribution in [2.75, 3.05) is 18.5 Å². The Morgan fingerprint density at radius 1 is 1.27 bits per heavy atom. The van der Waals surface area contributed by atoms with Crippen LogP contribution in [0, 0.1) is 0 Å². The third kappa shape index (κ3) is 4.86. The number of amides is 1. The Labute approximate surface area is 163 Å². The molecular formula is C21H24BrNO3. The van der Waals surface area contributed by atoms with Gasteiger partial charge in [0.1, 0.15) is 11.9 Å². The molecule has 1 aliphatic rings. The Morgan fingerprint density at radius 2 is 2.00 bits per heavy atom. The van der Waals surface area contributed by atoms with E-state index >= 15 is 0 Å². The normalized spacial score (nSPS) is 16.5. The number of carbonyl (C=O) groups is 1. The Hall–Kier alpha value is -1.85. The van der Waals surface area contributed by atoms with Crippen LogP contribution in [0.3, 0.4) is 0 Å². The SMILES string of the molecule is CCc1ccc(Cc2cc(Br)c(O[C@H]3CCOC3)cc2NC(C)=O)cc1. The summed E-state index contributed by atoms with van der Waals surface area (Å²) in [6.07, 6.45) is 2.71. The molecule has 1 aliphatic heterocycles. The topological polar surface area (TPSA) is 47.6 Å². The second-order valence-corrected chi connectivity index (χ2v) is 7.43. The number of halogens is 1. The minimum Gasteiger partial charge on any atom is -0.487 e. The number of benzene rings is 2. The van der Waals surface area contributed by atoms with Crippen LogP contribution in [0.4, 0.5) is 5.69 Å². The summed E-state index contributed by atoms with van der Waals surface area (Å²) in [5.74, 6) is 0.638. The smallest absolute Gasteiger partial charge is 0.221 e. The lowest BCUT2D eigenvalue weighted by molar-refractivity contribution is -0.114. The zero-order valence-electron chi connectivity index (χ0n) is 15.2. The summed E-state index contributed by atoms with van der Waals surface area (Å²) in [5, 5.41) is 2.94. The van der Waals surface area contributed by atoms with Gasteiger partial charge in [0.2, 0.25) is 5.91 Å². The molecule has 4 nitrogen and oxygen atoms in total. The zero-order chi connectivity index (χ0) is 18.5. The molecule has 1 fully saturated rings. The second kappa shape index (κ2) is 8.69. The van der Waals surface area contributed by atoms with E-state index in [2.05, 4.69) is 52.4 Å². The van der Waals surface area contributed by atoms with E-state index in [0.717, 1.165) is 47.3 Å². The summed E-state index contributed by atoms with van der Waals surface area (Å²) >= 11 is 3.61. The molecule has 2 aromatic rings. The average Bonchev–Trinajstić information content (AvgIpc) is 3.12. The van der Waals surface area contributed by atoms with E-state index in [9.17, 15) is 4.79 Å². The molecule has 0 radical (unpaired) electrons. The molecular weight excluding hydrogens is 394 g/mol. The Morgan fingerprint density at radius 3 is 2.62 bits per heavy atom. The average molecular weight is 418 g/mol. The van der Waals surface area contributed by atoms with Gasteiger partial charge in [0, 0.05) is 25.1 Å². The first-order chi connectivity index (χ1) is 12.5. The zero-order valence-corrected chi connectivity index (χ0v) is 16.8. The fraction of sp³-hybridized carbons (Fsp3) is 0.381. The molecule has 0 saturated carbocycles. The summed E-state index contributed by atoms with van der Waals surface area (Å²) in [6, 6.07) is 12.5. The minimum absolute atomic E-state index is 0.0592. The van der Waals surface area contributed by atoms with Gasteiger partial charge >= 0.3 is 0 Å². The van der Waals surface area contributed by atoms with Gasteiger partial charge in [-0.3, -0.25) is 4.79 Å². The van der Waals surface area contributed by atoms with Gasteiger partial charge in [0.05, 0.1) is 17.7 Å². The van der Waals surface area contributed by atoms with Gasteiger partial charge in [-0.15, -0.1) is 0 Å². The number of anilines is 1. The number of carbonyl (C=O) groups excluding carboxylic acids is 1. The van der Waals surface area contributed by atoms with Crippen LogP contribution in [-0.4, -0.2) is 25.2 Å². The summed E-state index contributed by atoms with van der Waals surface area (Å²) < 4.78 is 12.3. The Kier molecular flexibility index (Phi) is 6.33. The van der Waals surface area contributed by atoms with Crippen LogP contribution in [0.25, 0.3) is 0 Å². The number of hydrogen-bond donors (Lipinski definition) is 1. The van der Waals surface area contributed by atoms with E-state index in [1.165, 1.54) is 18.1 Å². The van der Waals surface area contributed by atoms with Crippen molar-refractivity contribution in [2.45, 2.75) is 39.2 Å². The van der Waals surface area contributed by atoms with E-state index in [1.54, 1.807) is 0 Å². The predicted molar refractivity (Wildman–Crippen MR) is 107 cm³/mol. The molecule has 138 valence electrons. The minimum atomic E-state index is -0.0925. The third-order valence-electron chi connectivity index (χ3n) is 4.48. The molecule has 5 heteroatoms. The van der Waals surface area contributed by atoms with Gasteiger partial charge in [0.25, 0.3) is 0 Å². The highest BCUT2D eigenvalue weighted by molar-refractivity contribution is 9.10. The van der Waals surface area contributed by atoms with Gasteiger partial charge < -0.3 is 14.8 Å². The van der Waals surface area contributed by atoms with E-state index in [0.29, 0.717) is 6.61 Å². The van der Waals surface area contributed by atoms with Crippen molar-refractivity contribution < 1.29 is 14.3 Å². The van der Waals surface area contributed by atoms with Crippen molar-refractivity contribution in [2.24, 2.45) is 0 Å². The second-order valence-electron chi connectivity index (χ2n) is 6.57. The molecule has 3 rings (SSSR count). The van der Waals surface area contributed by atoms with E-state index in [4.69, 9.17) is 9.47 Å². The van der Waals surface area contributed by atoms with Crippen molar-refractivity contribution in [3.63, 3.8) is 0 Å². The first-order valence-corrected chi connectivity index (χ1v) is 9.76. The van der Waals surface area contributed by atoms with Crippen LogP contribution < -0.4 is 10.1 Å². The molecule has 0 aliphatic carbocycles. The van der Waals surface area contributed by atoms with Gasteiger partial charge in [0.15, 0.2) is 0 Å². The predicted octanol–water partition coefficient (Wildman–Crippen LogP) is 4.73. The highest BCUT2D eigenvalue weighted by atomic mass is 79.9. The van der Waals surface area contributed by atoms with Crippen LogP contribution in [0.2, 0.25) is 0 Å². The van der Waals surface area contributed by atoms with Gasteiger partial charge in [-0.05, 0) is 51.5 Å². The van der Waals surface area contributed by atoms with Gasteiger partial charge in [-0.25, -0.2) is 0 Å². The van der Waals surface area contributed by atoms with Gasteiger partial charge in [-0.2, -0.15) is 0 Å². The molecule has 0 bridgehead atoms. The van der Waals surface area contributed by atoms with Crippen LogP contribution in [0.15, 0.2) is 40.9 Å². The van der Waals surface area contributed by atoms with Crippen LogP contribution in [-0.2, 0) is 22.4 Å². The fourth-order valence-corrected chi connectivity index (χ4v) is 3.52. The van der Waals surface area contributed by atoms with Crippen LogP contribution in [0.5, 0.6) is 5.75 Å². The van der Waals surface area contributed by atoms with Gasteiger partial charge in [-0.1, -0.05) is 31.2 Å². The molecule has 26 heavy (non-hydrogen) atoms. The van der Waals surface area contributed by atoms with Crippen LogP contribution >= 0.6 is 15.9 Å². The maximum absolute atomic E-state index is 11.7. The van der Waals surface area contributed by atoms with E-state index in [-0.39, 0.29) is 12.0 Å². The molecule has 2 aromatic carbocycles. The Balaban J connectivity index is 1.86. The van der Waals surface area contributed by atoms with Crippen LogP contribution in [0.1, 0.15) is 37.0 Å². The summed E-state index contributed by atoms with van der Waals surface area (Å²) in [5.41, 5.74) is 4.36. The number of rotatable bonds is 6. The highest BCUT2D eigenvalue weighted by Gasteiger charge is 2.20. The standard InChI is InChI=1S/C21H24BrNO3/c1-3-15-4-6-16(7-5-15)10-17-11-19(22)21(12-20(17)23-14(2)24)26-18-8-9-25-13-18/h4-7,11-12,18H,3,8-10,13H2,1-2H3,(H,23,24)/t18-/m0/s1. The fourth-order valence-electron chi connectivity index (χ4n) is 3.04. The quantitative estimate of drug-likeness (QED) is 0.738. The number of nitrogens with one attached hydrogen (secondary N) is 1. The lowest BCUT2D eigenvalue weighted by atomic mass is 10.0. The summed E-state index contributed by atoms with van der Waals surface area (Å²) in [7, 11) is 0. The van der Waals surface area contributed by atoms with E-state index in [1.807, 2.05) is 12.1 Å². The molecule has 1 amide bonds. The Bertz CT molecular complexity index is 768.